The first-order chi connectivity index (χ1) is 15.3. The number of amides is 1. The van der Waals surface area contributed by atoms with Crippen LogP contribution in [0.25, 0.3) is 0 Å². The van der Waals surface area contributed by atoms with E-state index in [1.165, 1.54) is 0 Å². The van der Waals surface area contributed by atoms with E-state index in [1.54, 1.807) is 31.2 Å². The molecule has 3 aromatic carbocycles. The summed E-state index contributed by atoms with van der Waals surface area (Å²) < 4.78 is 39.7. The highest BCUT2D eigenvalue weighted by Crippen LogP contribution is 2.43. The van der Waals surface area contributed by atoms with Crippen LogP contribution < -0.4 is 5.32 Å². The highest BCUT2D eigenvalue weighted by atomic mass is 19.4. The SMILES string of the molecule is CC(NC(=O)C(F)(F)F)(c1ccccc1)C1CCN1C(c1ccccc1)c1ccccc1. The summed E-state index contributed by atoms with van der Waals surface area (Å²) in [6.07, 6.45) is -4.29. The van der Waals surface area contributed by atoms with E-state index in [1.807, 2.05) is 66.7 Å². The van der Waals surface area contributed by atoms with Gasteiger partial charge in [0.05, 0.1) is 11.6 Å². The topological polar surface area (TPSA) is 32.3 Å². The smallest absolute Gasteiger partial charge is 0.337 e. The summed E-state index contributed by atoms with van der Waals surface area (Å²) in [7, 11) is 0. The predicted molar refractivity (Wildman–Crippen MR) is 118 cm³/mol. The molecule has 0 aromatic heterocycles. The quantitative estimate of drug-likeness (QED) is 0.556. The van der Waals surface area contributed by atoms with Crippen molar-refractivity contribution in [2.24, 2.45) is 0 Å². The number of hydrogen-bond donors (Lipinski definition) is 1. The van der Waals surface area contributed by atoms with Gasteiger partial charge in [0.2, 0.25) is 0 Å². The second-order valence-corrected chi connectivity index (χ2v) is 8.29. The summed E-state index contributed by atoms with van der Waals surface area (Å²) in [6.45, 7) is 2.40. The van der Waals surface area contributed by atoms with Gasteiger partial charge in [0.25, 0.3) is 0 Å². The van der Waals surface area contributed by atoms with Crippen molar-refractivity contribution in [3.8, 4) is 0 Å². The summed E-state index contributed by atoms with van der Waals surface area (Å²) in [5, 5.41) is 2.33. The molecule has 3 nitrogen and oxygen atoms in total. The molecule has 0 aliphatic carbocycles. The number of likely N-dealkylation sites (tertiary alicyclic amines) is 1. The molecule has 1 N–H and O–H groups in total. The normalized spacial score (nSPS) is 18.6. The number of alkyl halides is 3. The molecule has 166 valence electrons. The zero-order valence-electron chi connectivity index (χ0n) is 17.7. The van der Waals surface area contributed by atoms with Crippen LogP contribution in [0.5, 0.6) is 0 Å². The fourth-order valence-electron chi connectivity index (χ4n) is 4.62. The molecule has 2 atom stereocenters. The summed E-state index contributed by atoms with van der Waals surface area (Å²) >= 11 is 0. The van der Waals surface area contributed by atoms with Gasteiger partial charge in [-0.2, -0.15) is 13.2 Å². The summed E-state index contributed by atoms with van der Waals surface area (Å²) in [4.78, 5) is 14.2. The molecule has 1 aliphatic heterocycles. The highest BCUT2D eigenvalue weighted by Gasteiger charge is 2.51. The van der Waals surface area contributed by atoms with Gasteiger partial charge in [0, 0.05) is 12.6 Å². The van der Waals surface area contributed by atoms with Crippen LogP contribution in [-0.2, 0) is 10.3 Å². The average molecular weight is 438 g/mol. The number of nitrogens with one attached hydrogen (secondary N) is 1. The van der Waals surface area contributed by atoms with E-state index in [-0.39, 0.29) is 12.1 Å². The maximum Gasteiger partial charge on any atom is 0.471 e. The van der Waals surface area contributed by atoms with Crippen LogP contribution in [0.15, 0.2) is 91.0 Å². The summed E-state index contributed by atoms with van der Waals surface area (Å²) in [6, 6.07) is 28.3. The Labute approximate surface area is 185 Å². The Morgan fingerprint density at radius 2 is 1.34 bits per heavy atom. The lowest BCUT2D eigenvalue weighted by molar-refractivity contribution is -0.177. The van der Waals surface area contributed by atoms with E-state index in [9.17, 15) is 18.0 Å². The second kappa shape index (κ2) is 8.79. The van der Waals surface area contributed by atoms with E-state index in [2.05, 4.69) is 10.2 Å². The molecular weight excluding hydrogens is 413 g/mol. The Hall–Kier alpha value is -3.12. The number of rotatable bonds is 6. The van der Waals surface area contributed by atoms with Gasteiger partial charge in [-0.05, 0) is 30.0 Å². The van der Waals surface area contributed by atoms with Gasteiger partial charge in [-0.1, -0.05) is 91.0 Å². The van der Waals surface area contributed by atoms with E-state index in [0.717, 1.165) is 11.1 Å². The van der Waals surface area contributed by atoms with Gasteiger partial charge in [-0.15, -0.1) is 0 Å². The third-order valence-corrected chi connectivity index (χ3v) is 6.29. The lowest BCUT2D eigenvalue weighted by Gasteiger charge is -2.54. The maximum atomic E-state index is 13.2. The molecule has 6 heteroatoms. The van der Waals surface area contributed by atoms with Crippen LogP contribution in [-0.4, -0.2) is 29.6 Å². The Morgan fingerprint density at radius 1 is 0.875 bits per heavy atom. The minimum atomic E-state index is -4.96. The monoisotopic (exact) mass is 438 g/mol. The van der Waals surface area contributed by atoms with Crippen molar-refractivity contribution in [1.29, 1.82) is 0 Å². The van der Waals surface area contributed by atoms with Crippen molar-refractivity contribution in [3.05, 3.63) is 108 Å². The predicted octanol–water partition coefficient (Wildman–Crippen LogP) is 5.44. The first kappa shape index (κ1) is 22.1. The van der Waals surface area contributed by atoms with Gasteiger partial charge in [0.1, 0.15) is 0 Å². The molecular formula is C26H25F3N2O. The van der Waals surface area contributed by atoms with Crippen molar-refractivity contribution in [3.63, 3.8) is 0 Å². The summed E-state index contributed by atoms with van der Waals surface area (Å²) in [5.41, 5.74) is 1.54. The minimum absolute atomic E-state index is 0.137. The summed E-state index contributed by atoms with van der Waals surface area (Å²) in [5.74, 6) is -1.92. The molecule has 0 saturated carbocycles. The lowest BCUT2D eigenvalue weighted by Crippen LogP contribution is -2.66. The molecule has 4 rings (SSSR count). The zero-order valence-corrected chi connectivity index (χ0v) is 17.7. The molecule has 1 heterocycles. The lowest BCUT2D eigenvalue weighted by atomic mass is 9.76. The Balaban J connectivity index is 1.76. The number of carbonyl (C=O) groups excluding carboxylic acids is 1. The molecule has 1 saturated heterocycles. The number of benzene rings is 3. The van der Waals surface area contributed by atoms with E-state index < -0.39 is 17.6 Å². The third kappa shape index (κ3) is 4.28. The molecule has 32 heavy (non-hydrogen) atoms. The maximum absolute atomic E-state index is 13.2. The number of hydrogen-bond acceptors (Lipinski definition) is 2. The second-order valence-electron chi connectivity index (χ2n) is 8.29. The number of nitrogens with zero attached hydrogens (tertiary/aromatic N) is 1. The van der Waals surface area contributed by atoms with Crippen LogP contribution in [0, 0.1) is 0 Å². The molecule has 0 bridgehead atoms. The van der Waals surface area contributed by atoms with Gasteiger partial charge >= 0.3 is 12.1 Å². The molecule has 0 spiro atoms. The van der Waals surface area contributed by atoms with Crippen LogP contribution in [0.2, 0.25) is 0 Å². The highest BCUT2D eigenvalue weighted by molar-refractivity contribution is 5.82. The van der Waals surface area contributed by atoms with E-state index in [4.69, 9.17) is 0 Å². The van der Waals surface area contributed by atoms with Crippen molar-refractivity contribution in [2.45, 2.75) is 37.1 Å². The van der Waals surface area contributed by atoms with Crippen molar-refractivity contribution >= 4 is 5.91 Å². The first-order valence-electron chi connectivity index (χ1n) is 10.6. The third-order valence-electron chi connectivity index (χ3n) is 6.29. The first-order valence-corrected chi connectivity index (χ1v) is 10.6. The minimum Gasteiger partial charge on any atom is -0.337 e. The molecule has 3 aromatic rings. The number of carbonyl (C=O) groups is 1. The van der Waals surface area contributed by atoms with Crippen LogP contribution in [0.1, 0.15) is 36.1 Å². The van der Waals surface area contributed by atoms with Crippen molar-refractivity contribution < 1.29 is 18.0 Å². The fraction of sp³-hybridized carbons (Fsp3) is 0.269. The van der Waals surface area contributed by atoms with Crippen LogP contribution in [0.4, 0.5) is 13.2 Å². The zero-order chi connectivity index (χ0) is 22.8. The Bertz CT molecular complexity index is 1000. The van der Waals surface area contributed by atoms with Gasteiger partial charge < -0.3 is 5.32 Å². The molecule has 0 radical (unpaired) electrons. The van der Waals surface area contributed by atoms with Crippen LogP contribution >= 0.6 is 0 Å². The fourth-order valence-corrected chi connectivity index (χ4v) is 4.62. The van der Waals surface area contributed by atoms with Gasteiger partial charge in [-0.3, -0.25) is 9.69 Å². The van der Waals surface area contributed by atoms with E-state index >= 15 is 0 Å². The standard InChI is InChI=1S/C26H25F3N2O/c1-25(21-15-9-4-10-16-21,30-24(32)26(27,28)29)22-17-18-31(22)23(19-11-5-2-6-12-19)20-13-7-3-8-14-20/h2-16,22-23H,17-18H2,1H3,(H,30,32). The van der Waals surface area contributed by atoms with Gasteiger partial charge in [-0.25, -0.2) is 0 Å². The molecule has 2 unspecified atom stereocenters. The van der Waals surface area contributed by atoms with Crippen molar-refractivity contribution in [2.75, 3.05) is 6.54 Å². The van der Waals surface area contributed by atoms with Crippen molar-refractivity contribution in [1.82, 2.24) is 10.2 Å². The molecule has 1 amide bonds. The molecule has 1 aliphatic rings. The largest absolute Gasteiger partial charge is 0.471 e. The molecule has 1 fully saturated rings. The Kier molecular flexibility index (Phi) is 6.07. The van der Waals surface area contributed by atoms with Crippen LogP contribution in [0.3, 0.4) is 0 Å². The number of halogens is 3. The average Bonchev–Trinajstić information content (AvgIpc) is 2.77. The Morgan fingerprint density at radius 3 is 1.75 bits per heavy atom. The van der Waals surface area contributed by atoms with E-state index in [0.29, 0.717) is 18.5 Å². The van der Waals surface area contributed by atoms with Gasteiger partial charge in [0.15, 0.2) is 0 Å².